The maximum atomic E-state index is 3.60. The Hall–Kier alpha value is -1.32. The molecule has 2 aromatic rings. The number of allylic oxidation sites excluding steroid dienone is 2. The van der Waals surface area contributed by atoms with Crippen LogP contribution < -0.4 is 4.90 Å². The Morgan fingerprint density at radius 3 is 2.81 bits per heavy atom. The number of para-hydroxylation sites is 1. The molecule has 4 rings (SSSR count). The second-order valence-electron chi connectivity index (χ2n) is 5.53. The Balaban J connectivity index is 1.79. The van der Waals surface area contributed by atoms with Gasteiger partial charge in [-0.2, -0.15) is 0 Å². The second kappa shape index (κ2) is 5.47. The molecule has 106 valence electrons. The largest absolute Gasteiger partial charge is 0.359 e. The number of rotatable bonds is 2. The molecular formula is C18H16BrNS. The zero-order valence-electron chi connectivity index (χ0n) is 11.6. The van der Waals surface area contributed by atoms with Crippen LogP contribution in [-0.2, 0) is 0 Å². The fourth-order valence-electron chi connectivity index (χ4n) is 3.35. The van der Waals surface area contributed by atoms with Crippen molar-refractivity contribution in [1.29, 1.82) is 0 Å². The van der Waals surface area contributed by atoms with Gasteiger partial charge in [-0.15, -0.1) is 11.3 Å². The molecular weight excluding hydrogens is 342 g/mol. The molecule has 1 aliphatic heterocycles. The number of benzene rings is 1. The summed E-state index contributed by atoms with van der Waals surface area (Å²) in [5.41, 5.74) is 2.88. The average molecular weight is 358 g/mol. The van der Waals surface area contributed by atoms with Gasteiger partial charge in [-0.1, -0.05) is 36.4 Å². The van der Waals surface area contributed by atoms with Crippen LogP contribution in [0.15, 0.2) is 70.1 Å². The number of thiophene rings is 1. The van der Waals surface area contributed by atoms with Gasteiger partial charge < -0.3 is 4.90 Å². The van der Waals surface area contributed by atoms with Crippen LogP contribution in [0.25, 0.3) is 0 Å². The number of nitrogens with zero attached hydrogens (tertiary/aromatic N) is 1. The van der Waals surface area contributed by atoms with Gasteiger partial charge in [0.25, 0.3) is 0 Å². The number of hydrogen-bond donors (Lipinski definition) is 0. The molecule has 0 N–H and O–H groups in total. The van der Waals surface area contributed by atoms with Crippen molar-refractivity contribution in [3.8, 4) is 0 Å². The summed E-state index contributed by atoms with van der Waals surface area (Å²) in [7, 11) is 0. The Morgan fingerprint density at radius 2 is 2.05 bits per heavy atom. The average Bonchev–Trinajstić information content (AvgIpc) is 3.11. The molecule has 1 saturated heterocycles. The third-order valence-electron chi connectivity index (χ3n) is 4.25. The Morgan fingerprint density at radius 1 is 1.19 bits per heavy atom. The van der Waals surface area contributed by atoms with Crippen LogP contribution in [0, 0.1) is 5.92 Å². The first-order valence-electron chi connectivity index (χ1n) is 7.25. The minimum absolute atomic E-state index is 0.388. The first-order chi connectivity index (χ1) is 10.3. The second-order valence-corrected chi connectivity index (χ2v) is 7.39. The van der Waals surface area contributed by atoms with Crippen molar-refractivity contribution >= 4 is 33.0 Å². The van der Waals surface area contributed by atoms with Gasteiger partial charge in [0, 0.05) is 32.9 Å². The number of anilines is 1. The van der Waals surface area contributed by atoms with Gasteiger partial charge >= 0.3 is 0 Å². The van der Waals surface area contributed by atoms with E-state index in [9.17, 15) is 0 Å². The van der Waals surface area contributed by atoms with E-state index in [2.05, 4.69) is 80.8 Å². The lowest BCUT2D eigenvalue weighted by molar-refractivity contribution is 0.808. The van der Waals surface area contributed by atoms with E-state index in [1.54, 1.807) is 5.57 Å². The normalized spacial score (nSPS) is 24.0. The highest BCUT2D eigenvalue weighted by atomic mass is 79.9. The van der Waals surface area contributed by atoms with Crippen LogP contribution in [0.3, 0.4) is 0 Å². The van der Waals surface area contributed by atoms with E-state index >= 15 is 0 Å². The molecule has 0 unspecified atom stereocenters. The number of fused-ring (bicyclic) bond motifs is 1. The summed E-state index contributed by atoms with van der Waals surface area (Å²) in [4.78, 5) is 3.97. The van der Waals surface area contributed by atoms with E-state index in [1.807, 2.05) is 11.3 Å². The van der Waals surface area contributed by atoms with Crippen LogP contribution in [0.2, 0.25) is 0 Å². The molecule has 2 atom stereocenters. The van der Waals surface area contributed by atoms with E-state index in [0.717, 1.165) is 13.0 Å². The molecule has 2 heterocycles. The predicted octanol–water partition coefficient (Wildman–Crippen LogP) is 5.57. The monoisotopic (exact) mass is 357 g/mol. The summed E-state index contributed by atoms with van der Waals surface area (Å²) in [5, 5.41) is 2.19. The topological polar surface area (TPSA) is 3.24 Å². The van der Waals surface area contributed by atoms with Gasteiger partial charge in [-0.25, -0.2) is 0 Å². The smallest absolute Gasteiger partial charge is 0.0855 e. The van der Waals surface area contributed by atoms with Gasteiger partial charge in [-0.3, -0.25) is 0 Å². The maximum Gasteiger partial charge on any atom is 0.0855 e. The molecule has 0 spiro atoms. The van der Waals surface area contributed by atoms with E-state index < -0.39 is 0 Å². The van der Waals surface area contributed by atoms with Gasteiger partial charge in [0.1, 0.15) is 0 Å². The minimum atomic E-state index is 0.388. The lowest BCUT2D eigenvalue weighted by atomic mass is 9.92. The lowest BCUT2D eigenvalue weighted by Gasteiger charge is -2.26. The fraction of sp³-hybridized carbons (Fsp3) is 0.222. The third-order valence-corrected chi connectivity index (χ3v) is 6.00. The van der Waals surface area contributed by atoms with Crippen molar-refractivity contribution in [2.24, 2.45) is 5.92 Å². The predicted molar refractivity (Wildman–Crippen MR) is 93.9 cm³/mol. The third kappa shape index (κ3) is 2.39. The van der Waals surface area contributed by atoms with Crippen LogP contribution in [0.4, 0.5) is 5.69 Å². The van der Waals surface area contributed by atoms with Gasteiger partial charge in [0.05, 0.1) is 6.04 Å². The summed E-state index contributed by atoms with van der Waals surface area (Å²) >= 11 is 5.45. The quantitative estimate of drug-likeness (QED) is 0.634. The molecule has 1 nitrogen and oxygen atoms in total. The molecule has 0 bridgehead atoms. The molecule has 1 fully saturated rings. The molecule has 1 aliphatic carbocycles. The Kier molecular flexibility index (Phi) is 3.48. The highest BCUT2D eigenvalue weighted by Gasteiger charge is 2.37. The molecule has 0 radical (unpaired) electrons. The fourth-order valence-corrected chi connectivity index (χ4v) is 4.93. The van der Waals surface area contributed by atoms with Gasteiger partial charge in [0.2, 0.25) is 0 Å². The van der Waals surface area contributed by atoms with Crippen LogP contribution >= 0.6 is 27.3 Å². The first-order valence-corrected chi connectivity index (χ1v) is 8.92. The molecule has 1 aromatic carbocycles. The van der Waals surface area contributed by atoms with Crippen molar-refractivity contribution in [2.45, 2.75) is 12.5 Å². The van der Waals surface area contributed by atoms with Gasteiger partial charge in [-0.05, 0) is 46.1 Å². The Labute approximate surface area is 137 Å². The standard InChI is InChI=1S/C18H16BrNS/c19-14-10-17(21-12-14)18-16-9-5-4-6-13(16)11-20(18)15-7-2-1-3-8-15/h1-4,6-10,12-13,18H,5,11H2/t13-,18+/m1/s1. The number of halogens is 1. The van der Waals surface area contributed by atoms with Crippen LogP contribution in [0.5, 0.6) is 0 Å². The molecule has 0 amide bonds. The Bertz CT molecular complexity index is 701. The molecule has 21 heavy (non-hydrogen) atoms. The minimum Gasteiger partial charge on any atom is -0.359 e. The lowest BCUT2D eigenvalue weighted by Crippen LogP contribution is -2.22. The maximum absolute atomic E-state index is 3.60. The van der Waals surface area contributed by atoms with E-state index in [-0.39, 0.29) is 0 Å². The molecule has 3 heteroatoms. The van der Waals surface area contributed by atoms with Crippen molar-refractivity contribution in [2.75, 3.05) is 11.4 Å². The van der Waals surface area contributed by atoms with E-state index in [4.69, 9.17) is 0 Å². The first kappa shape index (κ1) is 13.4. The summed E-state index contributed by atoms with van der Waals surface area (Å²) in [6.45, 7) is 1.08. The zero-order valence-corrected chi connectivity index (χ0v) is 14.0. The summed E-state index contributed by atoms with van der Waals surface area (Å²) in [6.07, 6.45) is 8.17. The summed E-state index contributed by atoms with van der Waals surface area (Å²) < 4.78 is 1.19. The number of hydrogen-bond acceptors (Lipinski definition) is 2. The van der Waals surface area contributed by atoms with E-state index in [1.165, 1.54) is 15.0 Å². The summed E-state index contributed by atoms with van der Waals surface area (Å²) in [5.74, 6) is 0.560. The SMILES string of the molecule is Brc1csc([C@@H]2C3=CCC=C[C@@H]3CN2c2ccccc2)c1. The van der Waals surface area contributed by atoms with Crippen molar-refractivity contribution in [3.63, 3.8) is 0 Å². The van der Waals surface area contributed by atoms with Crippen molar-refractivity contribution in [1.82, 2.24) is 0 Å². The highest BCUT2D eigenvalue weighted by molar-refractivity contribution is 9.10. The molecule has 0 saturated carbocycles. The van der Waals surface area contributed by atoms with Crippen molar-refractivity contribution in [3.05, 3.63) is 74.9 Å². The van der Waals surface area contributed by atoms with E-state index in [0.29, 0.717) is 12.0 Å². The molecule has 1 aromatic heterocycles. The summed E-state index contributed by atoms with van der Waals surface area (Å²) in [6, 6.07) is 13.4. The van der Waals surface area contributed by atoms with Crippen LogP contribution in [-0.4, -0.2) is 6.54 Å². The van der Waals surface area contributed by atoms with Crippen molar-refractivity contribution < 1.29 is 0 Å². The van der Waals surface area contributed by atoms with Crippen LogP contribution in [0.1, 0.15) is 17.3 Å². The zero-order chi connectivity index (χ0) is 14.2. The highest BCUT2D eigenvalue weighted by Crippen LogP contribution is 2.46. The van der Waals surface area contributed by atoms with Gasteiger partial charge in [0.15, 0.2) is 0 Å². The molecule has 2 aliphatic rings.